The number of thiophene rings is 1. The molecule has 116 valence electrons. The summed E-state index contributed by atoms with van der Waals surface area (Å²) in [5.74, 6) is 0.809. The highest BCUT2D eigenvalue weighted by Gasteiger charge is 2.11. The van der Waals surface area contributed by atoms with Gasteiger partial charge in [0.1, 0.15) is 4.83 Å². The highest BCUT2D eigenvalue weighted by molar-refractivity contribution is 7.18. The van der Waals surface area contributed by atoms with Crippen LogP contribution in [0.15, 0.2) is 6.07 Å². The lowest BCUT2D eigenvalue weighted by Gasteiger charge is -2.07. The highest BCUT2D eigenvalue weighted by atomic mass is 32.1. The Balaban J connectivity index is 1.90. The van der Waals surface area contributed by atoms with Crippen LogP contribution >= 0.6 is 11.3 Å². The number of ether oxygens (including phenoxy) is 3. The minimum Gasteiger partial charge on any atom is -0.477 e. The van der Waals surface area contributed by atoms with Crippen LogP contribution in [0.4, 0.5) is 5.95 Å². The summed E-state index contributed by atoms with van der Waals surface area (Å²) in [7, 11) is 1.66. The van der Waals surface area contributed by atoms with Crippen molar-refractivity contribution in [1.82, 2.24) is 9.97 Å². The van der Waals surface area contributed by atoms with Crippen molar-refractivity contribution in [2.45, 2.75) is 19.8 Å². The van der Waals surface area contributed by atoms with E-state index in [1.54, 1.807) is 18.4 Å². The average molecular weight is 311 g/mol. The lowest BCUT2D eigenvalue weighted by Crippen LogP contribution is -2.08. The zero-order valence-corrected chi connectivity index (χ0v) is 13.2. The summed E-state index contributed by atoms with van der Waals surface area (Å²) in [5.41, 5.74) is 5.73. The van der Waals surface area contributed by atoms with Crippen LogP contribution in [0.1, 0.15) is 18.2 Å². The fourth-order valence-corrected chi connectivity index (χ4v) is 2.78. The predicted molar refractivity (Wildman–Crippen MR) is 84.0 cm³/mol. The molecule has 0 aliphatic rings. The van der Waals surface area contributed by atoms with Gasteiger partial charge in [0.15, 0.2) is 0 Å². The molecular formula is C14H21N3O3S. The molecule has 6 nitrogen and oxygen atoms in total. The third kappa shape index (κ3) is 4.52. The predicted octanol–water partition coefficient (Wildman–Crippen LogP) is 2.27. The number of rotatable bonds is 9. The van der Waals surface area contributed by atoms with E-state index in [0.29, 0.717) is 32.3 Å². The van der Waals surface area contributed by atoms with E-state index in [2.05, 4.69) is 23.0 Å². The normalized spacial score (nSPS) is 11.1. The molecule has 0 saturated carbocycles. The first-order valence-electron chi connectivity index (χ1n) is 7.00. The summed E-state index contributed by atoms with van der Waals surface area (Å²) in [6.45, 7) is 4.50. The molecule has 0 radical (unpaired) electrons. The standard InChI is InChI=1S/C14H21N3O3S/c1-3-10-9-11-12(16-14(15)17-13(11)21-10)20-6-4-5-19-8-7-18-2/h9H,3-8H2,1-2H3,(H2,15,16,17). The highest BCUT2D eigenvalue weighted by Crippen LogP contribution is 2.31. The smallest absolute Gasteiger partial charge is 0.227 e. The van der Waals surface area contributed by atoms with Crippen LogP contribution in [0.2, 0.25) is 0 Å². The molecular weight excluding hydrogens is 290 g/mol. The topological polar surface area (TPSA) is 79.5 Å². The minimum atomic E-state index is 0.248. The third-order valence-corrected chi connectivity index (χ3v) is 4.05. The van der Waals surface area contributed by atoms with Crippen molar-refractivity contribution in [1.29, 1.82) is 0 Å². The van der Waals surface area contributed by atoms with Crippen LogP contribution in [0, 0.1) is 0 Å². The van der Waals surface area contributed by atoms with Crippen LogP contribution in [0.25, 0.3) is 10.2 Å². The van der Waals surface area contributed by atoms with E-state index in [4.69, 9.17) is 19.9 Å². The summed E-state index contributed by atoms with van der Waals surface area (Å²) in [4.78, 5) is 10.6. The van der Waals surface area contributed by atoms with E-state index in [1.807, 2.05) is 0 Å². The largest absolute Gasteiger partial charge is 0.477 e. The van der Waals surface area contributed by atoms with E-state index in [0.717, 1.165) is 23.1 Å². The molecule has 0 saturated heterocycles. The first kappa shape index (κ1) is 15.9. The molecule has 2 aromatic heterocycles. The van der Waals surface area contributed by atoms with Crippen molar-refractivity contribution >= 4 is 27.5 Å². The molecule has 2 rings (SSSR count). The van der Waals surface area contributed by atoms with E-state index < -0.39 is 0 Å². The molecule has 0 unspecified atom stereocenters. The summed E-state index contributed by atoms with van der Waals surface area (Å²) < 4.78 is 16.0. The van der Waals surface area contributed by atoms with Gasteiger partial charge in [-0.2, -0.15) is 4.98 Å². The second kappa shape index (κ2) is 8.11. The first-order valence-corrected chi connectivity index (χ1v) is 7.81. The lowest BCUT2D eigenvalue weighted by molar-refractivity contribution is 0.0643. The number of hydrogen-bond donors (Lipinski definition) is 1. The Hall–Kier alpha value is -1.44. The van der Waals surface area contributed by atoms with Crippen LogP contribution < -0.4 is 10.5 Å². The Bertz CT molecular complexity index is 574. The van der Waals surface area contributed by atoms with Gasteiger partial charge in [-0.1, -0.05) is 6.92 Å². The molecule has 0 atom stereocenters. The van der Waals surface area contributed by atoms with Gasteiger partial charge >= 0.3 is 0 Å². The Morgan fingerprint density at radius 1 is 1.19 bits per heavy atom. The number of hydrogen-bond acceptors (Lipinski definition) is 7. The van der Waals surface area contributed by atoms with Crippen LogP contribution in [0.5, 0.6) is 5.88 Å². The SMILES string of the molecule is CCc1cc2c(OCCCOCCOC)nc(N)nc2s1. The van der Waals surface area contributed by atoms with Crippen LogP contribution in [-0.2, 0) is 15.9 Å². The van der Waals surface area contributed by atoms with Crippen LogP contribution in [-0.4, -0.2) is 43.5 Å². The van der Waals surface area contributed by atoms with Crippen molar-refractivity contribution in [3.05, 3.63) is 10.9 Å². The monoisotopic (exact) mass is 311 g/mol. The number of nitrogens with zero attached hydrogens (tertiary/aromatic N) is 2. The molecule has 2 N–H and O–H groups in total. The second-order valence-corrected chi connectivity index (χ2v) is 5.59. The molecule has 2 heterocycles. The van der Waals surface area contributed by atoms with Gasteiger partial charge in [-0.15, -0.1) is 11.3 Å². The molecule has 0 amide bonds. The van der Waals surface area contributed by atoms with Gasteiger partial charge in [0.05, 0.1) is 25.2 Å². The summed E-state index contributed by atoms with van der Waals surface area (Å²) in [6, 6.07) is 2.07. The first-order chi connectivity index (χ1) is 10.2. The second-order valence-electron chi connectivity index (χ2n) is 4.48. The minimum absolute atomic E-state index is 0.248. The summed E-state index contributed by atoms with van der Waals surface area (Å²) >= 11 is 1.63. The molecule has 0 aliphatic carbocycles. The number of fused-ring (bicyclic) bond motifs is 1. The van der Waals surface area contributed by atoms with Gasteiger partial charge in [-0.3, -0.25) is 0 Å². The fourth-order valence-electron chi connectivity index (χ4n) is 1.82. The van der Waals surface area contributed by atoms with Gasteiger partial charge in [-0.05, 0) is 12.5 Å². The average Bonchev–Trinajstić information content (AvgIpc) is 2.89. The number of aromatic nitrogens is 2. The Labute approximate surface area is 128 Å². The summed E-state index contributed by atoms with van der Waals surface area (Å²) in [5, 5.41) is 0.936. The lowest BCUT2D eigenvalue weighted by atomic mass is 10.3. The van der Waals surface area contributed by atoms with Gasteiger partial charge in [0.25, 0.3) is 0 Å². The molecule has 21 heavy (non-hydrogen) atoms. The Morgan fingerprint density at radius 2 is 2.05 bits per heavy atom. The molecule has 2 aromatic rings. The van der Waals surface area contributed by atoms with E-state index in [9.17, 15) is 0 Å². The number of methoxy groups -OCH3 is 1. The maximum absolute atomic E-state index is 5.73. The van der Waals surface area contributed by atoms with Gasteiger partial charge in [-0.25, -0.2) is 4.98 Å². The van der Waals surface area contributed by atoms with Gasteiger partial charge in [0, 0.05) is 25.0 Å². The van der Waals surface area contributed by atoms with Crippen LogP contribution in [0.3, 0.4) is 0 Å². The summed E-state index contributed by atoms with van der Waals surface area (Å²) in [6.07, 6.45) is 1.76. The molecule has 0 fully saturated rings. The Kier molecular flexibility index (Phi) is 6.16. The number of nitrogen functional groups attached to an aromatic ring is 1. The van der Waals surface area contributed by atoms with Crippen molar-refractivity contribution < 1.29 is 14.2 Å². The maximum Gasteiger partial charge on any atom is 0.227 e. The quantitative estimate of drug-likeness (QED) is 0.716. The zero-order chi connectivity index (χ0) is 15.1. The molecule has 0 bridgehead atoms. The maximum atomic E-state index is 5.73. The third-order valence-electron chi connectivity index (χ3n) is 2.88. The number of anilines is 1. The molecule has 0 aromatic carbocycles. The number of nitrogens with two attached hydrogens (primary N) is 1. The van der Waals surface area contributed by atoms with Gasteiger partial charge in [0.2, 0.25) is 11.8 Å². The van der Waals surface area contributed by atoms with Crippen molar-refractivity contribution in [3.8, 4) is 5.88 Å². The molecule has 0 spiro atoms. The Morgan fingerprint density at radius 3 is 2.81 bits per heavy atom. The number of aryl methyl sites for hydroxylation is 1. The molecule has 7 heteroatoms. The van der Waals surface area contributed by atoms with Crippen molar-refractivity contribution in [2.24, 2.45) is 0 Å². The van der Waals surface area contributed by atoms with Crippen molar-refractivity contribution in [3.63, 3.8) is 0 Å². The fraction of sp³-hybridized carbons (Fsp3) is 0.571. The molecule has 0 aliphatic heterocycles. The van der Waals surface area contributed by atoms with E-state index in [-0.39, 0.29) is 5.95 Å². The zero-order valence-electron chi connectivity index (χ0n) is 12.4. The van der Waals surface area contributed by atoms with Crippen molar-refractivity contribution in [2.75, 3.05) is 39.3 Å². The van der Waals surface area contributed by atoms with E-state index in [1.165, 1.54) is 4.88 Å². The van der Waals surface area contributed by atoms with E-state index >= 15 is 0 Å². The van der Waals surface area contributed by atoms with Gasteiger partial charge < -0.3 is 19.9 Å².